The first kappa shape index (κ1) is 28.9. The molecule has 1 aliphatic rings. The summed E-state index contributed by atoms with van der Waals surface area (Å²) in [6.07, 6.45) is -0.583. The van der Waals surface area contributed by atoms with Crippen molar-refractivity contribution in [3.05, 3.63) is 94.4 Å². The minimum Gasteiger partial charge on any atom is -0.491 e. The number of likely N-dealkylation sites (N-methyl/N-ethyl adjacent to an activating group) is 1. The van der Waals surface area contributed by atoms with E-state index >= 15 is 0 Å². The van der Waals surface area contributed by atoms with Crippen LogP contribution in [0.25, 0.3) is 10.9 Å². The minimum atomic E-state index is -0.660. The molecule has 0 fully saturated rings. The topological polar surface area (TPSA) is 87.3 Å². The number of nitrogens with one attached hydrogen (secondary N) is 1. The lowest BCUT2D eigenvalue weighted by Gasteiger charge is -2.35. The fourth-order valence-corrected chi connectivity index (χ4v) is 5.33. The summed E-state index contributed by atoms with van der Waals surface area (Å²) in [5, 5.41) is 12.0. The van der Waals surface area contributed by atoms with E-state index in [0.29, 0.717) is 43.4 Å². The van der Waals surface area contributed by atoms with Gasteiger partial charge in [0.05, 0.1) is 6.61 Å². The van der Waals surface area contributed by atoms with Gasteiger partial charge in [-0.2, -0.15) is 0 Å². The molecule has 2 unspecified atom stereocenters. The fourth-order valence-electron chi connectivity index (χ4n) is 5.16. The van der Waals surface area contributed by atoms with Crippen LogP contribution in [0.5, 0.6) is 11.5 Å². The van der Waals surface area contributed by atoms with Crippen molar-refractivity contribution in [2.75, 3.05) is 47.0 Å². The number of hydrogen-bond acceptors (Lipinski definition) is 6. The molecule has 2 heterocycles. The van der Waals surface area contributed by atoms with Gasteiger partial charge in [0.1, 0.15) is 36.1 Å². The Morgan fingerprint density at radius 3 is 2.61 bits per heavy atom. The number of ether oxygens (including phenoxy) is 3. The molecule has 0 saturated carbocycles. The van der Waals surface area contributed by atoms with Crippen LogP contribution >= 0.6 is 11.6 Å². The Labute approximate surface area is 243 Å². The maximum absolute atomic E-state index is 13.4. The average molecular weight is 582 g/mol. The van der Waals surface area contributed by atoms with Crippen molar-refractivity contribution in [3.8, 4) is 11.5 Å². The molecule has 1 amide bonds. The number of methoxy groups -OCH3 is 1. The molecule has 1 aromatic heterocycles. The molecular weight excluding hydrogens is 549 g/mol. The number of aromatic nitrogens is 1. The van der Waals surface area contributed by atoms with Crippen molar-refractivity contribution in [1.82, 2.24) is 14.8 Å². The van der Waals surface area contributed by atoms with Gasteiger partial charge < -0.3 is 29.2 Å². The Hall–Kier alpha value is -3.63. The molecule has 5 rings (SSSR count). The van der Waals surface area contributed by atoms with Gasteiger partial charge in [0.2, 0.25) is 0 Å². The van der Waals surface area contributed by atoms with Crippen molar-refractivity contribution in [1.29, 1.82) is 0 Å². The summed E-state index contributed by atoms with van der Waals surface area (Å²) in [4.78, 5) is 20.6. The molecule has 3 aromatic carbocycles. The lowest BCUT2D eigenvalue weighted by molar-refractivity contribution is 0.0667. The molecule has 0 aliphatic carbocycles. The summed E-state index contributed by atoms with van der Waals surface area (Å²) in [7, 11) is 3.56. The molecular formula is C31H33ClFN3O5. The second kappa shape index (κ2) is 12.9. The van der Waals surface area contributed by atoms with E-state index in [4.69, 9.17) is 25.8 Å². The summed E-state index contributed by atoms with van der Waals surface area (Å²) in [5.41, 5.74) is 3.77. The number of hydrogen-bond donors (Lipinski definition) is 2. The maximum Gasteiger partial charge on any atom is 0.416 e. The highest BCUT2D eigenvalue weighted by Gasteiger charge is 2.35. The highest BCUT2D eigenvalue weighted by atomic mass is 35.5. The molecule has 0 radical (unpaired) electrons. The number of fused-ring (bicyclic) bond motifs is 3. The normalized spacial score (nSPS) is 15.7. The summed E-state index contributed by atoms with van der Waals surface area (Å²) < 4.78 is 29.9. The number of benzene rings is 3. The zero-order valence-electron chi connectivity index (χ0n) is 23.0. The maximum atomic E-state index is 13.4. The smallest absolute Gasteiger partial charge is 0.416 e. The van der Waals surface area contributed by atoms with Crippen molar-refractivity contribution in [2.24, 2.45) is 0 Å². The first-order valence-corrected chi connectivity index (χ1v) is 13.8. The van der Waals surface area contributed by atoms with Gasteiger partial charge >= 0.3 is 6.09 Å². The predicted octanol–water partition coefficient (Wildman–Crippen LogP) is 5.42. The number of H-pyrrole nitrogens is 1. The Morgan fingerprint density at radius 2 is 1.88 bits per heavy atom. The number of carbonyl (C=O) groups excluding carboxylic acids is 1. The Bertz CT molecular complexity index is 1480. The van der Waals surface area contributed by atoms with Gasteiger partial charge in [0, 0.05) is 48.4 Å². The van der Waals surface area contributed by atoms with Gasteiger partial charge in [-0.15, -0.1) is 0 Å². The highest BCUT2D eigenvalue weighted by molar-refractivity contribution is 6.31. The molecule has 8 nitrogen and oxygen atoms in total. The van der Waals surface area contributed by atoms with Gasteiger partial charge in [-0.3, -0.25) is 4.90 Å². The lowest BCUT2D eigenvalue weighted by atomic mass is 9.92. The molecule has 2 N–H and O–H groups in total. The van der Waals surface area contributed by atoms with Crippen LogP contribution in [0.15, 0.2) is 66.7 Å². The second-order valence-corrected chi connectivity index (χ2v) is 10.6. The molecule has 0 saturated heterocycles. The van der Waals surface area contributed by atoms with Crippen molar-refractivity contribution in [2.45, 2.75) is 18.6 Å². The second-order valence-electron chi connectivity index (χ2n) is 10.2. The average Bonchev–Trinajstić information content (AvgIpc) is 3.33. The molecule has 1 aliphatic heterocycles. The molecule has 10 heteroatoms. The predicted molar refractivity (Wildman–Crippen MR) is 155 cm³/mol. The van der Waals surface area contributed by atoms with E-state index in [9.17, 15) is 14.3 Å². The van der Waals surface area contributed by atoms with Crippen molar-refractivity contribution in [3.63, 3.8) is 0 Å². The number of amides is 1. The zero-order chi connectivity index (χ0) is 28.9. The summed E-state index contributed by atoms with van der Waals surface area (Å²) in [6.45, 7) is 2.32. The number of nitrogens with zero attached hydrogens (tertiary/aromatic N) is 2. The Kier molecular flexibility index (Phi) is 9.09. The van der Waals surface area contributed by atoms with Gasteiger partial charge in [-0.05, 0) is 79.2 Å². The monoisotopic (exact) mass is 581 g/mol. The standard InChI is InChI=1S/C31H33ClFN3O5/c1-35(15-16-39-2)18-23(37)19-40-24-8-3-20(4-9-24)30-29-26(27-17-21(32)5-12-28(27)34-29)13-14-36(30)31(38)41-25-10-6-22(33)7-11-25/h3-12,17,23,30,34,37H,13-16,18-19H2,1-2H3. The summed E-state index contributed by atoms with van der Waals surface area (Å²) >= 11 is 6.31. The van der Waals surface area contributed by atoms with Crippen LogP contribution in [0.4, 0.5) is 9.18 Å². The third-order valence-electron chi connectivity index (χ3n) is 7.18. The van der Waals surface area contributed by atoms with Gasteiger partial charge in [-0.1, -0.05) is 23.7 Å². The molecule has 216 valence electrons. The molecule has 4 aromatic rings. The van der Waals surface area contributed by atoms with E-state index in [1.54, 1.807) is 12.0 Å². The third-order valence-corrected chi connectivity index (χ3v) is 7.42. The van der Waals surface area contributed by atoms with Crippen LogP contribution in [0, 0.1) is 5.82 Å². The number of rotatable bonds is 10. The first-order valence-electron chi connectivity index (χ1n) is 13.4. The largest absolute Gasteiger partial charge is 0.491 e. The van der Waals surface area contributed by atoms with E-state index < -0.39 is 24.1 Å². The molecule has 0 spiro atoms. The van der Waals surface area contributed by atoms with E-state index in [1.165, 1.54) is 24.3 Å². The summed E-state index contributed by atoms with van der Waals surface area (Å²) in [6, 6.07) is 18.1. The fraction of sp³-hybridized carbons (Fsp3) is 0.323. The van der Waals surface area contributed by atoms with Gasteiger partial charge in [0.25, 0.3) is 0 Å². The number of aliphatic hydroxyl groups excluding tert-OH is 1. The van der Waals surface area contributed by atoms with E-state index in [-0.39, 0.29) is 12.4 Å². The summed E-state index contributed by atoms with van der Waals surface area (Å²) in [5.74, 6) is 0.460. The van der Waals surface area contributed by atoms with E-state index in [0.717, 1.165) is 27.7 Å². The number of aromatic amines is 1. The quantitative estimate of drug-likeness (QED) is 0.260. The number of aliphatic hydroxyl groups is 1. The van der Waals surface area contributed by atoms with Crippen LogP contribution < -0.4 is 9.47 Å². The first-order chi connectivity index (χ1) is 19.8. The minimum absolute atomic E-state index is 0.142. The Morgan fingerprint density at radius 1 is 1.15 bits per heavy atom. The van der Waals surface area contributed by atoms with Crippen LogP contribution in [-0.2, 0) is 11.2 Å². The molecule has 2 atom stereocenters. The van der Waals surface area contributed by atoms with Crippen LogP contribution in [0.1, 0.15) is 22.9 Å². The van der Waals surface area contributed by atoms with Gasteiger partial charge in [-0.25, -0.2) is 9.18 Å². The number of halogens is 2. The SMILES string of the molecule is COCCN(C)CC(O)COc1ccc(C2c3[nH]c4ccc(Cl)cc4c3CCN2C(=O)Oc2ccc(F)cc2)cc1. The highest BCUT2D eigenvalue weighted by Crippen LogP contribution is 2.40. The van der Waals surface area contributed by atoms with Gasteiger partial charge in [0.15, 0.2) is 0 Å². The van der Waals surface area contributed by atoms with E-state index in [2.05, 4.69) is 4.98 Å². The number of carbonyl (C=O) groups is 1. The zero-order valence-corrected chi connectivity index (χ0v) is 23.7. The van der Waals surface area contributed by atoms with Crippen LogP contribution in [-0.4, -0.2) is 79.1 Å². The van der Waals surface area contributed by atoms with Crippen molar-refractivity contribution < 1.29 is 28.5 Å². The van der Waals surface area contributed by atoms with E-state index in [1.807, 2.05) is 54.4 Å². The lowest BCUT2D eigenvalue weighted by Crippen LogP contribution is -2.42. The van der Waals surface area contributed by atoms with Crippen molar-refractivity contribution >= 4 is 28.6 Å². The Balaban J connectivity index is 1.38. The van der Waals surface area contributed by atoms with Crippen LogP contribution in [0.2, 0.25) is 5.02 Å². The molecule has 0 bridgehead atoms. The third kappa shape index (κ3) is 6.82. The molecule has 41 heavy (non-hydrogen) atoms. The van der Waals surface area contributed by atoms with Crippen LogP contribution in [0.3, 0.4) is 0 Å².